The Hall–Kier alpha value is -7.39. The summed E-state index contributed by atoms with van der Waals surface area (Å²) in [6, 6.07) is 57.8. The lowest BCUT2D eigenvalue weighted by atomic mass is 9.90. The van der Waals surface area contributed by atoms with Gasteiger partial charge in [-0.05, 0) is 77.9 Å². The van der Waals surface area contributed by atoms with Gasteiger partial charge in [0.15, 0.2) is 0 Å². The molecular weight excluding hydrogens is 611 g/mol. The monoisotopic (exact) mass is 635 g/mol. The van der Waals surface area contributed by atoms with Gasteiger partial charge in [0.2, 0.25) is 0 Å². The minimum absolute atomic E-state index is 0.533. The highest BCUT2D eigenvalue weighted by Crippen LogP contribution is 2.42. The molecule has 0 atom stereocenters. The summed E-state index contributed by atoms with van der Waals surface area (Å²) in [6.07, 6.45) is 0. The summed E-state index contributed by atoms with van der Waals surface area (Å²) in [6.45, 7) is 0. The van der Waals surface area contributed by atoms with Gasteiger partial charge in [0.1, 0.15) is 0 Å². The lowest BCUT2D eigenvalue weighted by molar-refractivity contribution is 1.18. The fourth-order valence-corrected chi connectivity index (χ4v) is 7.55. The molecule has 7 aromatic carbocycles. The minimum Gasteiger partial charge on any atom is -0.309 e. The summed E-state index contributed by atoms with van der Waals surface area (Å²) >= 11 is 0. The van der Waals surface area contributed by atoms with Crippen LogP contribution in [0.15, 0.2) is 152 Å². The first-order chi connectivity index (χ1) is 24.7. The molecule has 2 aromatic heterocycles. The molecule has 0 amide bonds. The Bertz CT molecular complexity index is 2900. The van der Waals surface area contributed by atoms with E-state index in [0.717, 1.165) is 66.5 Å². The van der Waals surface area contributed by atoms with Crippen LogP contribution in [0.4, 0.5) is 0 Å². The molecule has 0 radical (unpaired) electrons. The van der Waals surface area contributed by atoms with Crippen molar-refractivity contribution in [1.29, 1.82) is 15.8 Å². The van der Waals surface area contributed by atoms with E-state index in [1.807, 2.05) is 60.7 Å². The molecule has 0 N–H and O–H groups in total. The average Bonchev–Trinajstić information content (AvgIpc) is 3.70. The zero-order valence-corrected chi connectivity index (χ0v) is 26.7. The Kier molecular flexibility index (Phi) is 6.56. The van der Waals surface area contributed by atoms with E-state index in [2.05, 4.69) is 118 Å². The number of rotatable bonds is 4. The van der Waals surface area contributed by atoms with Crippen molar-refractivity contribution in [3.05, 3.63) is 168 Å². The predicted octanol–water partition coefficient (Wildman–Crippen LogP) is 10.8. The van der Waals surface area contributed by atoms with E-state index in [1.54, 1.807) is 0 Å². The summed E-state index contributed by atoms with van der Waals surface area (Å²) in [5, 5.41) is 34.3. The fraction of sp³-hybridized carbons (Fsp3) is 0. The second kappa shape index (κ2) is 11.4. The number of hydrogen-bond acceptors (Lipinski definition) is 3. The lowest BCUT2D eigenvalue weighted by Gasteiger charge is -2.18. The molecule has 0 unspecified atom stereocenters. The molecule has 230 valence electrons. The number of hydrogen-bond donors (Lipinski definition) is 0. The standard InChI is InChI=1S/C45H25N5/c46-26-29-19-24-42-38(25-29)45-32(28-48)10-8-18-43(45)50(42)41-17-6-3-13-36(41)37-14-7-9-31(27-47)44(37)30-20-22-33(23-21-30)49-39-15-4-1-11-34(39)35-12-2-5-16-40(35)49/h1-25H. The third-order valence-electron chi connectivity index (χ3n) is 9.65. The molecule has 0 aliphatic rings. The van der Waals surface area contributed by atoms with E-state index in [4.69, 9.17) is 0 Å². The summed E-state index contributed by atoms with van der Waals surface area (Å²) in [5.74, 6) is 0. The van der Waals surface area contributed by atoms with Crippen LogP contribution in [0.3, 0.4) is 0 Å². The quantitative estimate of drug-likeness (QED) is 0.193. The molecular formula is C45H25N5. The van der Waals surface area contributed by atoms with Gasteiger partial charge in [0.25, 0.3) is 0 Å². The summed E-state index contributed by atoms with van der Waals surface area (Å²) < 4.78 is 4.45. The summed E-state index contributed by atoms with van der Waals surface area (Å²) in [5.41, 5.74) is 11.3. The van der Waals surface area contributed by atoms with E-state index in [9.17, 15) is 15.8 Å². The fourth-order valence-electron chi connectivity index (χ4n) is 7.55. The number of benzene rings is 7. The van der Waals surface area contributed by atoms with Gasteiger partial charge in [-0.15, -0.1) is 0 Å². The van der Waals surface area contributed by atoms with Crippen molar-refractivity contribution in [3.63, 3.8) is 0 Å². The van der Waals surface area contributed by atoms with Crippen molar-refractivity contribution >= 4 is 43.6 Å². The maximum Gasteiger partial charge on any atom is 0.0998 e. The first kappa shape index (κ1) is 28.8. The molecule has 9 aromatic rings. The largest absolute Gasteiger partial charge is 0.309 e. The van der Waals surface area contributed by atoms with E-state index < -0.39 is 0 Å². The molecule has 0 saturated heterocycles. The van der Waals surface area contributed by atoms with Gasteiger partial charge in [-0.3, -0.25) is 0 Å². The highest BCUT2D eigenvalue weighted by atomic mass is 15.0. The van der Waals surface area contributed by atoms with Crippen molar-refractivity contribution in [2.24, 2.45) is 0 Å². The predicted molar refractivity (Wildman–Crippen MR) is 200 cm³/mol. The van der Waals surface area contributed by atoms with Crippen LogP contribution in [0, 0.1) is 34.0 Å². The smallest absolute Gasteiger partial charge is 0.0998 e. The molecule has 0 bridgehead atoms. The second-order valence-electron chi connectivity index (χ2n) is 12.3. The van der Waals surface area contributed by atoms with E-state index in [-0.39, 0.29) is 0 Å². The molecule has 5 heteroatoms. The zero-order chi connectivity index (χ0) is 33.8. The van der Waals surface area contributed by atoms with Crippen LogP contribution in [-0.4, -0.2) is 9.13 Å². The number of nitrogens with zero attached hydrogens (tertiary/aromatic N) is 5. The highest BCUT2D eigenvalue weighted by Gasteiger charge is 2.21. The SMILES string of the molecule is N#Cc1ccc2c(c1)c1c(C#N)cccc1n2-c1ccccc1-c1cccc(C#N)c1-c1ccc(-n2c3ccccc3c3ccccc32)cc1. The normalized spacial score (nSPS) is 11.1. The van der Waals surface area contributed by atoms with E-state index in [1.165, 1.54) is 10.8 Å². The van der Waals surface area contributed by atoms with Crippen LogP contribution in [0.1, 0.15) is 16.7 Å². The van der Waals surface area contributed by atoms with Gasteiger partial charge in [0.05, 0.1) is 62.7 Å². The Morgan fingerprint density at radius 3 is 1.74 bits per heavy atom. The molecule has 2 heterocycles. The first-order valence-corrected chi connectivity index (χ1v) is 16.3. The van der Waals surface area contributed by atoms with Gasteiger partial charge in [-0.1, -0.05) is 84.9 Å². The number of fused-ring (bicyclic) bond motifs is 6. The zero-order valence-electron chi connectivity index (χ0n) is 26.7. The van der Waals surface area contributed by atoms with Gasteiger partial charge in [-0.2, -0.15) is 15.8 Å². The Balaban J connectivity index is 1.26. The van der Waals surface area contributed by atoms with Gasteiger partial charge >= 0.3 is 0 Å². The first-order valence-electron chi connectivity index (χ1n) is 16.3. The van der Waals surface area contributed by atoms with E-state index >= 15 is 0 Å². The molecule has 0 aliphatic heterocycles. The van der Waals surface area contributed by atoms with Crippen LogP contribution < -0.4 is 0 Å². The van der Waals surface area contributed by atoms with Crippen molar-refractivity contribution < 1.29 is 0 Å². The van der Waals surface area contributed by atoms with Crippen molar-refractivity contribution in [3.8, 4) is 51.8 Å². The van der Waals surface area contributed by atoms with E-state index in [0.29, 0.717) is 16.7 Å². The molecule has 50 heavy (non-hydrogen) atoms. The third-order valence-corrected chi connectivity index (χ3v) is 9.65. The number of para-hydroxylation sites is 3. The maximum absolute atomic E-state index is 10.4. The second-order valence-corrected chi connectivity index (χ2v) is 12.3. The molecule has 0 spiro atoms. The summed E-state index contributed by atoms with van der Waals surface area (Å²) in [7, 11) is 0. The highest BCUT2D eigenvalue weighted by molar-refractivity contribution is 6.13. The average molecular weight is 636 g/mol. The molecule has 0 aliphatic carbocycles. The van der Waals surface area contributed by atoms with Crippen LogP contribution in [0.2, 0.25) is 0 Å². The van der Waals surface area contributed by atoms with Gasteiger partial charge in [0, 0.05) is 38.4 Å². The maximum atomic E-state index is 10.4. The molecule has 9 rings (SSSR count). The lowest BCUT2D eigenvalue weighted by Crippen LogP contribution is -1.99. The van der Waals surface area contributed by atoms with Crippen molar-refractivity contribution in [2.75, 3.05) is 0 Å². The third kappa shape index (κ3) is 4.24. The van der Waals surface area contributed by atoms with Crippen LogP contribution in [-0.2, 0) is 0 Å². The topological polar surface area (TPSA) is 81.2 Å². The Labute approximate surface area is 287 Å². The molecule has 0 saturated carbocycles. The van der Waals surface area contributed by atoms with Crippen LogP contribution >= 0.6 is 0 Å². The van der Waals surface area contributed by atoms with Crippen LogP contribution in [0.5, 0.6) is 0 Å². The Morgan fingerprint density at radius 1 is 0.420 bits per heavy atom. The Morgan fingerprint density at radius 2 is 1.02 bits per heavy atom. The number of nitriles is 3. The summed E-state index contributed by atoms with van der Waals surface area (Å²) in [4.78, 5) is 0. The van der Waals surface area contributed by atoms with Gasteiger partial charge < -0.3 is 9.13 Å². The number of aromatic nitrogens is 2. The van der Waals surface area contributed by atoms with Crippen molar-refractivity contribution in [1.82, 2.24) is 9.13 Å². The minimum atomic E-state index is 0.533. The van der Waals surface area contributed by atoms with Crippen LogP contribution in [0.25, 0.3) is 77.2 Å². The van der Waals surface area contributed by atoms with Crippen molar-refractivity contribution in [2.45, 2.75) is 0 Å². The van der Waals surface area contributed by atoms with Gasteiger partial charge in [-0.25, -0.2) is 0 Å². The molecule has 0 fully saturated rings. The molecule has 5 nitrogen and oxygen atoms in total.